The van der Waals surface area contributed by atoms with E-state index in [1.807, 2.05) is 0 Å². The molecule has 1 heterocycles. The largest absolute Gasteiger partial charge is 0.375 e. The van der Waals surface area contributed by atoms with Gasteiger partial charge in [0.1, 0.15) is 6.61 Å². The summed E-state index contributed by atoms with van der Waals surface area (Å²) >= 11 is 1.77. The SMILES string of the molecule is CCCNC(CCOCC(F)F)c1sc(C)cc1C. The lowest BCUT2D eigenvalue weighted by atomic mass is 10.1. The quantitative estimate of drug-likeness (QED) is 0.692. The fourth-order valence-corrected chi connectivity index (χ4v) is 3.17. The topological polar surface area (TPSA) is 21.3 Å². The molecular weight excluding hydrogens is 268 g/mol. The van der Waals surface area contributed by atoms with Crippen LogP contribution < -0.4 is 5.32 Å². The molecule has 0 amide bonds. The van der Waals surface area contributed by atoms with Crippen LogP contribution in [0.15, 0.2) is 6.07 Å². The van der Waals surface area contributed by atoms with Gasteiger partial charge in [-0.05, 0) is 44.9 Å². The van der Waals surface area contributed by atoms with Gasteiger partial charge in [0, 0.05) is 22.4 Å². The highest BCUT2D eigenvalue weighted by atomic mass is 32.1. The molecule has 1 aromatic heterocycles. The summed E-state index contributed by atoms with van der Waals surface area (Å²) in [5.74, 6) is 0. The Morgan fingerprint density at radius 3 is 2.63 bits per heavy atom. The van der Waals surface area contributed by atoms with Crippen molar-refractivity contribution in [2.75, 3.05) is 19.8 Å². The average molecular weight is 291 g/mol. The second kappa shape index (κ2) is 8.61. The summed E-state index contributed by atoms with van der Waals surface area (Å²) in [6.07, 6.45) is -0.599. The second-order valence-corrected chi connectivity index (χ2v) is 5.95. The summed E-state index contributed by atoms with van der Waals surface area (Å²) in [5, 5.41) is 3.47. The molecule has 1 unspecified atom stereocenters. The number of aryl methyl sites for hydroxylation is 2. The lowest BCUT2D eigenvalue weighted by Crippen LogP contribution is -2.23. The molecule has 1 aromatic rings. The minimum Gasteiger partial charge on any atom is -0.375 e. The van der Waals surface area contributed by atoms with Gasteiger partial charge < -0.3 is 10.1 Å². The third-order valence-corrected chi connectivity index (χ3v) is 4.10. The maximum absolute atomic E-state index is 12.0. The summed E-state index contributed by atoms with van der Waals surface area (Å²) in [6, 6.07) is 2.37. The van der Waals surface area contributed by atoms with Gasteiger partial charge >= 0.3 is 0 Å². The number of alkyl halides is 2. The van der Waals surface area contributed by atoms with Crippen molar-refractivity contribution in [1.82, 2.24) is 5.32 Å². The smallest absolute Gasteiger partial charge is 0.261 e. The van der Waals surface area contributed by atoms with Gasteiger partial charge in [-0.2, -0.15) is 0 Å². The predicted molar refractivity (Wildman–Crippen MR) is 76.3 cm³/mol. The number of hydrogen-bond donors (Lipinski definition) is 1. The molecule has 110 valence electrons. The highest BCUT2D eigenvalue weighted by Gasteiger charge is 2.16. The van der Waals surface area contributed by atoms with Crippen molar-refractivity contribution < 1.29 is 13.5 Å². The lowest BCUT2D eigenvalue weighted by Gasteiger charge is -2.18. The van der Waals surface area contributed by atoms with E-state index in [1.54, 1.807) is 11.3 Å². The Morgan fingerprint density at radius 1 is 1.37 bits per heavy atom. The van der Waals surface area contributed by atoms with Gasteiger partial charge in [-0.25, -0.2) is 8.78 Å². The van der Waals surface area contributed by atoms with Crippen molar-refractivity contribution in [2.24, 2.45) is 0 Å². The molecule has 19 heavy (non-hydrogen) atoms. The first-order chi connectivity index (χ1) is 9.04. The monoisotopic (exact) mass is 291 g/mol. The Labute approximate surface area is 118 Å². The number of hydrogen-bond acceptors (Lipinski definition) is 3. The van der Waals surface area contributed by atoms with Crippen LogP contribution in [0.5, 0.6) is 0 Å². The van der Waals surface area contributed by atoms with E-state index in [9.17, 15) is 8.78 Å². The summed E-state index contributed by atoms with van der Waals surface area (Å²) in [4.78, 5) is 2.58. The Kier molecular flexibility index (Phi) is 7.49. The summed E-state index contributed by atoms with van der Waals surface area (Å²) in [6.45, 7) is 7.12. The van der Waals surface area contributed by atoms with E-state index in [-0.39, 0.29) is 6.04 Å². The third kappa shape index (κ3) is 5.97. The van der Waals surface area contributed by atoms with Gasteiger partial charge in [0.2, 0.25) is 0 Å². The zero-order valence-corrected chi connectivity index (χ0v) is 12.7. The first kappa shape index (κ1) is 16.5. The Hall–Kier alpha value is -0.520. The lowest BCUT2D eigenvalue weighted by molar-refractivity contribution is 0.0144. The van der Waals surface area contributed by atoms with E-state index in [0.29, 0.717) is 6.61 Å². The maximum Gasteiger partial charge on any atom is 0.261 e. The molecule has 0 aromatic carbocycles. The molecule has 0 saturated heterocycles. The summed E-state index contributed by atoms with van der Waals surface area (Å²) in [5.41, 5.74) is 1.27. The molecule has 0 radical (unpaired) electrons. The van der Waals surface area contributed by atoms with E-state index in [0.717, 1.165) is 19.4 Å². The molecule has 0 aliphatic heterocycles. The standard InChI is InChI=1S/C14H23F2NOS/c1-4-6-17-12(5-7-18-9-13(15)16)14-10(2)8-11(3)19-14/h8,12-13,17H,4-7,9H2,1-3H3. The molecule has 0 aliphatic rings. The molecule has 2 nitrogen and oxygen atoms in total. The van der Waals surface area contributed by atoms with Crippen molar-refractivity contribution in [2.45, 2.75) is 46.1 Å². The van der Waals surface area contributed by atoms with Crippen LogP contribution in [0.3, 0.4) is 0 Å². The number of halogens is 2. The van der Waals surface area contributed by atoms with Gasteiger partial charge in [-0.3, -0.25) is 0 Å². The highest BCUT2D eigenvalue weighted by molar-refractivity contribution is 7.12. The predicted octanol–water partition coefficient (Wildman–Crippen LogP) is 4.08. The van der Waals surface area contributed by atoms with Crippen molar-refractivity contribution in [3.8, 4) is 0 Å². The first-order valence-electron chi connectivity index (χ1n) is 6.70. The van der Waals surface area contributed by atoms with Gasteiger partial charge in [0.15, 0.2) is 0 Å². The van der Waals surface area contributed by atoms with E-state index >= 15 is 0 Å². The van der Waals surface area contributed by atoms with Crippen LogP contribution in [0.1, 0.15) is 41.1 Å². The number of nitrogens with one attached hydrogen (secondary N) is 1. The number of thiophene rings is 1. The van der Waals surface area contributed by atoms with Crippen LogP contribution in [0.4, 0.5) is 8.78 Å². The molecule has 5 heteroatoms. The van der Waals surface area contributed by atoms with E-state index in [4.69, 9.17) is 4.74 Å². The fraction of sp³-hybridized carbons (Fsp3) is 0.714. The molecule has 1 atom stereocenters. The molecule has 1 rings (SSSR count). The van der Waals surface area contributed by atoms with E-state index in [1.165, 1.54) is 15.3 Å². The van der Waals surface area contributed by atoms with E-state index < -0.39 is 13.0 Å². The van der Waals surface area contributed by atoms with Crippen LogP contribution in [0.2, 0.25) is 0 Å². The van der Waals surface area contributed by atoms with Crippen LogP contribution >= 0.6 is 11.3 Å². The first-order valence-corrected chi connectivity index (χ1v) is 7.52. The van der Waals surface area contributed by atoms with Crippen molar-refractivity contribution in [3.05, 3.63) is 21.4 Å². The summed E-state index contributed by atoms with van der Waals surface area (Å²) in [7, 11) is 0. The maximum atomic E-state index is 12.0. The molecule has 0 spiro atoms. The highest BCUT2D eigenvalue weighted by Crippen LogP contribution is 2.29. The normalized spacial score (nSPS) is 13.2. The van der Waals surface area contributed by atoms with Crippen LogP contribution in [0, 0.1) is 13.8 Å². The number of rotatable bonds is 9. The van der Waals surface area contributed by atoms with Crippen LogP contribution in [-0.4, -0.2) is 26.2 Å². The van der Waals surface area contributed by atoms with Gasteiger partial charge in [-0.1, -0.05) is 6.92 Å². The minimum atomic E-state index is -2.38. The Bertz CT molecular complexity index is 368. The molecule has 0 bridgehead atoms. The Morgan fingerprint density at radius 2 is 2.11 bits per heavy atom. The zero-order valence-electron chi connectivity index (χ0n) is 11.8. The fourth-order valence-electron chi connectivity index (χ4n) is 2.02. The molecule has 0 fully saturated rings. The van der Waals surface area contributed by atoms with Crippen LogP contribution in [0.25, 0.3) is 0 Å². The molecule has 0 aliphatic carbocycles. The molecular formula is C14H23F2NOS. The van der Waals surface area contributed by atoms with Crippen molar-refractivity contribution in [1.29, 1.82) is 0 Å². The second-order valence-electron chi connectivity index (χ2n) is 4.67. The molecule has 0 saturated carbocycles. The Balaban J connectivity index is 2.54. The van der Waals surface area contributed by atoms with E-state index in [2.05, 4.69) is 32.2 Å². The zero-order chi connectivity index (χ0) is 14.3. The van der Waals surface area contributed by atoms with Gasteiger partial charge in [-0.15, -0.1) is 11.3 Å². The van der Waals surface area contributed by atoms with Crippen molar-refractivity contribution in [3.63, 3.8) is 0 Å². The molecule has 1 N–H and O–H groups in total. The van der Waals surface area contributed by atoms with Gasteiger partial charge in [0.05, 0.1) is 0 Å². The third-order valence-electron chi connectivity index (χ3n) is 2.83. The average Bonchev–Trinajstić information content (AvgIpc) is 2.67. The summed E-state index contributed by atoms with van der Waals surface area (Å²) < 4.78 is 29.0. The minimum absolute atomic E-state index is 0.205. The van der Waals surface area contributed by atoms with Crippen molar-refractivity contribution >= 4 is 11.3 Å². The number of ether oxygens (including phenoxy) is 1. The van der Waals surface area contributed by atoms with Gasteiger partial charge in [0.25, 0.3) is 6.43 Å². The van der Waals surface area contributed by atoms with Crippen LogP contribution in [-0.2, 0) is 4.74 Å².